The summed E-state index contributed by atoms with van der Waals surface area (Å²) in [6.45, 7) is 3.45. The van der Waals surface area contributed by atoms with E-state index in [0.29, 0.717) is 11.1 Å². The fourth-order valence-electron chi connectivity index (χ4n) is 2.49. The maximum absolute atomic E-state index is 12.0. The van der Waals surface area contributed by atoms with Gasteiger partial charge in [-0.05, 0) is 44.2 Å². The largest absolute Gasteiger partial charge is 0.444 e. The van der Waals surface area contributed by atoms with Gasteiger partial charge in [0, 0.05) is 5.69 Å². The van der Waals surface area contributed by atoms with Gasteiger partial charge in [-0.1, -0.05) is 18.2 Å². The Morgan fingerprint density at radius 2 is 2.00 bits per heavy atom. The predicted molar refractivity (Wildman–Crippen MR) is 86.3 cm³/mol. The first-order valence-corrected chi connectivity index (χ1v) is 7.25. The third-order valence-corrected chi connectivity index (χ3v) is 3.54. The zero-order valence-corrected chi connectivity index (χ0v) is 12.9. The molecule has 2 aromatic carbocycles. The van der Waals surface area contributed by atoms with Gasteiger partial charge in [-0.15, -0.1) is 0 Å². The van der Waals surface area contributed by atoms with E-state index in [0.717, 1.165) is 17.0 Å². The average Bonchev–Trinajstić information content (AvgIpc) is 2.90. The van der Waals surface area contributed by atoms with Gasteiger partial charge in [0.2, 0.25) is 0 Å². The highest BCUT2D eigenvalue weighted by molar-refractivity contribution is 5.94. The lowest BCUT2D eigenvalue weighted by molar-refractivity contribution is 0.0435. The normalized spacial score (nSPS) is 11.9. The molecule has 0 radical (unpaired) electrons. The predicted octanol–water partition coefficient (Wildman–Crippen LogP) is 3.40. The Kier molecular flexibility index (Phi) is 3.82. The number of hydrogen-bond donors (Lipinski definition) is 0. The number of carbonyl (C=O) groups excluding carboxylic acids is 1. The fraction of sp³-hybridized carbons (Fsp3) is 0.167. The fourth-order valence-corrected chi connectivity index (χ4v) is 2.49. The molecule has 0 amide bonds. The van der Waals surface area contributed by atoms with Gasteiger partial charge in [-0.2, -0.15) is 5.26 Å². The molecule has 1 atom stereocenters. The molecule has 114 valence electrons. The third-order valence-electron chi connectivity index (χ3n) is 3.54. The average molecular weight is 305 g/mol. The number of esters is 1. The van der Waals surface area contributed by atoms with Crippen LogP contribution in [0.3, 0.4) is 0 Å². The van der Waals surface area contributed by atoms with Gasteiger partial charge in [-0.3, -0.25) is 4.57 Å². The smallest absolute Gasteiger partial charge is 0.339 e. The molecule has 0 fully saturated rings. The number of carbonyl (C=O) groups is 1. The number of ether oxygens (including phenoxy) is 1. The molecule has 5 heteroatoms. The molecule has 0 unspecified atom stereocenters. The number of hydrogen-bond acceptors (Lipinski definition) is 4. The van der Waals surface area contributed by atoms with Gasteiger partial charge < -0.3 is 4.74 Å². The first-order chi connectivity index (χ1) is 11.1. The van der Waals surface area contributed by atoms with Crippen LogP contribution < -0.4 is 0 Å². The minimum atomic E-state index is -0.776. The van der Waals surface area contributed by atoms with E-state index in [4.69, 9.17) is 10.00 Å². The Hall–Kier alpha value is -3.13. The molecule has 0 aliphatic rings. The van der Waals surface area contributed by atoms with Crippen LogP contribution in [0.15, 0.2) is 48.5 Å². The van der Waals surface area contributed by atoms with E-state index in [1.165, 1.54) is 6.92 Å². The van der Waals surface area contributed by atoms with Crippen LogP contribution in [0.2, 0.25) is 0 Å². The Bertz CT molecular complexity index is 907. The zero-order chi connectivity index (χ0) is 16.4. The van der Waals surface area contributed by atoms with Gasteiger partial charge in [0.25, 0.3) is 0 Å². The van der Waals surface area contributed by atoms with Crippen LogP contribution in [0.4, 0.5) is 0 Å². The van der Waals surface area contributed by atoms with Crippen molar-refractivity contribution in [1.29, 1.82) is 5.26 Å². The number of aryl methyl sites for hydroxylation is 1. The summed E-state index contributed by atoms with van der Waals surface area (Å²) in [5.41, 5.74) is 3.03. The summed E-state index contributed by atoms with van der Waals surface area (Å²) in [4.78, 5) is 16.5. The van der Waals surface area contributed by atoms with E-state index >= 15 is 0 Å². The van der Waals surface area contributed by atoms with Crippen molar-refractivity contribution in [3.8, 4) is 11.8 Å². The van der Waals surface area contributed by atoms with Crippen molar-refractivity contribution < 1.29 is 9.53 Å². The van der Waals surface area contributed by atoms with Gasteiger partial charge in [0.05, 0.1) is 16.6 Å². The second-order valence-corrected chi connectivity index (χ2v) is 5.21. The molecule has 0 aliphatic carbocycles. The molecule has 0 spiro atoms. The quantitative estimate of drug-likeness (QED) is 0.695. The number of nitriles is 1. The molecular weight excluding hydrogens is 290 g/mol. The van der Waals surface area contributed by atoms with Crippen molar-refractivity contribution in [3.63, 3.8) is 0 Å². The SMILES string of the molecule is Cc1nc2cc(C(=O)O[C@@H](C)C#N)ccc2n1-c1ccccc1. The van der Waals surface area contributed by atoms with Crippen LogP contribution in [-0.4, -0.2) is 21.6 Å². The molecule has 0 bridgehead atoms. The van der Waals surface area contributed by atoms with Crippen LogP contribution in [0.25, 0.3) is 16.7 Å². The monoisotopic (exact) mass is 305 g/mol. The molecule has 3 rings (SSSR count). The summed E-state index contributed by atoms with van der Waals surface area (Å²) in [5.74, 6) is 0.315. The number of nitrogens with zero attached hydrogens (tertiary/aromatic N) is 3. The van der Waals surface area contributed by atoms with E-state index in [1.54, 1.807) is 12.1 Å². The Balaban J connectivity index is 2.03. The standard InChI is InChI=1S/C18H15N3O2/c1-12(11-19)23-18(22)14-8-9-17-16(10-14)20-13(2)21(17)15-6-4-3-5-7-15/h3-10,12H,1-2H3/t12-/m0/s1. The van der Waals surface area contributed by atoms with Crippen LogP contribution in [0.5, 0.6) is 0 Å². The van der Waals surface area contributed by atoms with Crippen molar-refractivity contribution in [1.82, 2.24) is 9.55 Å². The molecular formula is C18H15N3O2. The topological polar surface area (TPSA) is 67.9 Å². The number of aromatic nitrogens is 2. The second kappa shape index (κ2) is 5.93. The lowest BCUT2D eigenvalue weighted by Gasteiger charge is -2.07. The molecule has 0 N–H and O–H groups in total. The van der Waals surface area contributed by atoms with E-state index < -0.39 is 12.1 Å². The molecule has 23 heavy (non-hydrogen) atoms. The maximum atomic E-state index is 12.0. The lowest BCUT2D eigenvalue weighted by atomic mass is 10.2. The van der Waals surface area contributed by atoms with Crippen molar-refractivity contribution >= 4 is 17.0 Å². The van der Waals surface area contributed by atoms with Crippen LogP contribution in [0, 0.1) is 18.3 Å². The zero-order valence-electron chi connectivity index (χ0n) is 12.9. The first-order valence-electron chi connectivity index (χ1n) is 7.25. The molecule has 0 aliphatic heterocycles. The van der Waals surface area contributed by atoms with Gasteiger partial charge in [0.15, 0.2) is 6.10 Å². The van der Waals surface area contributed by atoms with Crippen molar-refractivity contribution in [2.24, 2.45) is 0 Å². The number of benzene rings is 2. The lowest BCUT2D eigenvalue weighted by Crippen LogP contribution is -2.12. The number of rotatable bonds is 3. The maximum Gasteiger partial charge on any atom is 0.339 e. The van der Waals surface area contributed by atoms with Crippen LogP contribution >= 0.6 is 0 Å². The van der Waals surface area contributed by atoms with Gasteiger partial charge in [-0.25, -0.2) is 9.78 Å². The van der Waals surface area contributed by atoms with Gasteiger partial charge in [0.1, 0.15) is 11.9 Å². The van der Waals surface area contributed by atoms with Crippen LogP contribution in [0.1, 0.15) is 23.1 Å². The number of fused-ring (bicyclic) bond motifs is 1. The Morgan fingerprint density at radius 3 is 2.70 bits per heavy atom. The third kappa shape index (κ3) is 2.79. The summed E-state index contributed by atoms with van der Waals surface area (Å²) in [6.07, 6.45) is -0.776. The van der Waals surface area contributed by atoms with Crippen LogP contribution in [-0.2, 0) is 4.74 Å². The Morgan fingerprint density at radius 1 is 1.26 bits per heavy atom. The second-order valence-electron chi connectivity index (χ2n) is 5.21. The van der Waals surface area contributed by atoms with E-state index in [-0.39, 0.29) is 0 Å². The minimum absolute atomic E-state index is 0.386. The molecule has 0 saturated carbocycles. The summed E-state index contributed by atoms with van der Waals surface area (Å²) in [5, 5.41) is 8.73. The number of imidazole rings is 1. The summed E-state index contributed by atoms with van der Waals surface area (Å²) in [6, 6.07) is 17.0. The highest BCUT2D eigenvalue weighted by Crippen LogP contribution is 2.22. The van der Waals surface area contributed by atoms with Crippen molar-refractivity contribution in [2.45, 2.75) is 20.0 Å². The van der Waals surface area contributed by atoms with E-state index in [1.807, 2.05) is 54.0 Å². The first kappa shape index (κ1) is 14.8. The molecule has 5 nitrogen and oxygen atoms in total. The molecule has 1 aromatic heterocycles. The number of para-hydroxylation sites is 1. The van der Waals surface area contributed by atoms with Crippen molar-refractivity contribution in [2.75, 3.05) is 0 Å². The molecule has 3 aromatic rings. The highest BCUT2D eigenvalue weighted by atomic mass is 16.5. The molecule has 1 heterocycles. The van der Waals surface area contributed by atoms with Crippen molar-refractivity contribution in [3.05, 3.63) is 59.9 Å². The minimum Gasteiger partial charge on any atom is -0.444 e. The van der Waals surface area contributed by atoms with E-state index in [9.17, 15) is 4.79 Å². The summed E-state index contributed by atoms with van der Waals surface area (Å²) < 4.78 is 7.05. The molecule has 0 saturated heterocycles. The highest BCUT2D eigenvalue weighted by Gasteiger charge is 2.15. The summed E-state index contributed by atoms with van der Waals surface area (Å²) >= 11 is 0. The summed E-state index contributed by atoms with van der Waals surface area (Å²) in [7, 11) is 0. The van der Waals surface area contributed by atoms with Gasteiger partial charge >= 0.3 is 5.97 Å². The van der Waals surface area contributed by atoms with E-state index in [2.05, 4.69) is 4.98 Å². The Labute approximate surface area is 133 Å².